The molecule has 0 bridgehead atoms. The summed E-state index contributed by atoms with van der Waals surface area (Å²) in [4.78, 5) is 9.36. The van der Waals surface area contributed by atoms with Crippen LogP contribution in [0.4, 0.5) is 0 Å². The fourth-order valence-corrected chi connectivity index (χ4v) is 3.64. The lowest BCUT2D eigenvalue weighted by Gasteiger charge is -2.16. The van der Waals surface area contributed by atoms with Crippen LogP contribution < -0.4 is 4.74 Å². The molecule has 4 heteroatoms. The standard InChI is InChI=1S/C24H23ClN2O/c1-4-11-28-24-20(12-16-7-5-6-8-21(16)27-24)17-13-19(15(2)3)18-9-10-23(25)26-22(18)14-17/h5-10,12-15H,4,11H2,1-3H3. The Morgan fingerprint density at radius 3 is 2.57 bits per heavy atom. The minimum atomic E-state index is 0.360. The van der Waals surface area contributed by atoms with Crippen molar-refractivity contribution in [1.82, 2.24) is 9.97 Å². The Bertz CT molecular complexity index is 1150. The predicted molar refractivity (Wildman–Crippen MR) is 117 cm³/mol. The maximum atomic E-state index is 6.18. The van der Waals surface area contributed by atoms with Crippen molar-refractivity contribution in [2.75, 3.05) is 6.61 Å². The molecule has 0 fully saturated rings. The SMILES string of the molecule is CCCOc1nc2ccccc2cc1-c1cc(C(C)C)c2ccc(Cl)nc2c1. The Morgan fingerprint density at radius 1 is 0.964 bits per heavy atom. The molecule has 3 nitrogen and oxygen atoms in total. The third-order valence-corrected chi connectivity index (χ3v) is 5.08. The molecule has 0 aliphatic rings. The zero-order valence-corrected chi connectivity index (χ0v) is 17.1. The molecule has 0 unspecified atom stereocenters. The van der Waals surface area contributed by atoms with Gasteiger partial charge in [0.25, 0.3) is 0 Å². The van der Waals surface area contributed by atoms with E-state index in [4.69, 9.17) is 21.3 Å². The minimum Gasteiger partial charge on any atom is -0.477 e. The predicted octanol–water partition coefficient (Wildman–Crippen LogP) is 7.02. The van der Waals surface area contributed by atoms with E-state index in [2.05, 4.69) is 56.1 Å². The molecule has 0 aliphatic heterocycles. The maximum absolute atomic E-state index is 6.18. The van der Waals surface area contributed by atoms with Crippen molar-refractivity contribution in [3.63, 3.8) is 0 Å². The van der Waals surface area contributed by atoms with Crippen LogP contribution in [0, 0.1) is 0 Å². The largest absolute Gasteiger partial charge is 0.477 e. The molecule has 142 valence electrons. The summed E-state index contributed by atoms with van der Waals surface area (Å²) in [6, 6.07) is 18.5. The Hall–Kier alpha value is -2.65. The van der Waals surface area contributed by atoms with E-state index in [0.29, 0.717) is 23.6 Å². The first-order valence-corrected chi connectivity index (χ1v) is 10.1. The van der Waals surface area contributed by atoms with E-state index < -0.39 is 0 Å². The molecule has 0 spiro atoms. The Morgan fingerprint density at radius 2 is 1.79 bits per heavy atom. The molecule has 0 N–H and O–H groups in total. The molecule has 0 amide bonds. The van der Waals surface area contributed by atoms with E-state index in [1.165, 1.54) is 5.56 Å². The van der Waals surface area contributed by atoms with E-state index in [0.717, 1.165) is 39.4 Å². The molecule has 0 saturated carbocycles. The van der Waals surface area contributed by atoms with E-state index in [9.17, 15) is 0 Å². The molecule has 0 saturated heterocycles. The second-order valence-electron chi connectivity index (χ2n) is 7.30. The van der Waals surface area contributed by atoms with Gasteiger partial charge >= 0.3 is 0 Å². The first kappa shape index (κ1) is 18.7. The summed E-state index contributed by atoms with van der Waals surface area (Å²) in [7, 11) is 0. The van der Waals surface area contributed by atoms with Gasteiger partial charge in [0.2, 0.25) is 5.88 Å². The first-order chi connectivity index (χ1) is 13.6. The van der Waals surface area contributed by atoms with Crippen molar-refractivity contribution in [2.24, 2.45) is 0 Å². The first-order valence-electron chi connectivity index (χ1n) is 9.70. The second-order valence-corrected chi connectivity index (χ2v) is 7.69. The summed E-state index contributed by atoms with van der Waals surface area (Å²) in [6.45, 7) is 7.12. The number of para-hydroxylation sites is 1. The van der Waals surface area contributed by atoms with Crippen LogP contribution in [-0.2, 0) is 0 Å². The molecular weight excluding hydrogens is 368 g/mol. The summed E-state index contributed by atoms with van der Waals surface area (Å²) in [5.74, 6) is 1.02. The molecule has 2 aromatic carbocycles. The minimum absolute atomic E-state index is 0.360. The van der Waals surface area contributed by atoms with Gasteiger partial charge in [0, 0.05) is 16.3 Å². The number of pyridine rings is 2. The number of fused-ring (bicyclic) bond motifs is 2. The van der Waals surface area contributed by atoms with Gasteiger partial charge in [0.1, 0.15) is 5.15 Å². The van der Waals surface area contributed by atoms with Crippen molar-refractivity contribution < 1.29 is 4.74 Å². The number of aromatic nitrogens is 2. The fraction of sp³-hybridized carbons (Fsp3) is 0.250. The normalized spacial score (nSPS) is 11.5. The zero-order valence-electron chi connectivity index (χ0n) is 16.4. The van der Waals surface area contributed by atoms with Crippen LogP contribution >= 0.6 is 11.6 Å². The van der Waals surface area contributed by atoms with Gasteiger partial charge in [-0.3, -0.25) is 0 Å². The van der Waals surface area contributed by atoms with Crippen molar-refractivity contribution in [1.29, 1.82) is 0 Å². The monoisotopic (exact) mass is 390 g/mol. The average Bonchev–Trinajstić information content (AvgIpc) is 2.70. The molecule has 2 heterocycles. The molecule has 4 rings (SSSR count). The summed E-state index contributed by atoms with van der Waals surface area (Å²) >= 11 is 6.18. The van der Waals surface area contributed by atoms with Gasteiger partial charge in [0.15, 0.2) is 0 Å². The zero-order chi connectivity index (χ0) is 19.7. The molecule has 0 aliphatic carbocycles. The highest BCUT2D eigenvalue weighted by molar-refractivity contribution is 6.29. The number of ether oxygens (including phenoxy) is 1. The van der Waals surface area contributed by atoms with Gasteiger partial charge in [-0.1, -0.05) is 50.6 Å². The average molecular weight is 391 g/mol. The Balaban J connectivity index is 1.99. The van der Waals surface area contributed by atoms with Crippen molar-refractivity contribution in [3.05, 3.63) is 65.3 Å². The number of benzene rings is 2. The molecule has 28 heavy (non-hydrogen) atoms. The Kier molecular flexibility index (Phi) is 5.19. The fourth-order valence-electron chi connectivity index (χ4n) is 3.49. The highest BCUT2D eigenvalue weighted by Gasteiger charge is 2.15. The van der Waals surface area contributed by atoms with Gasteiger partial charge in [0.05, 0.1) is 17.6 Å². The third-order valence-electron chi connectivity index (χ3n) is 4.87. The smallest absolute Gasteiger partial charge is 0.221 e. The molecular formula is C24H23ClN2O. The van der Waals surface area contributed by atoms with E-state index in [1.807, 2.05) is 24.3 Å². The highest BCUT2D eigenvalue weighted by Crippen LogP contribution is 2.36. The lowest BCUT2D eigenvalue weighted by molar-refractivity contribution is 0.308. The van der Waals surface area contributed by atoms with Crippen molar-refractivity contribution in [3.8, 4) is 17.0 Å². The Labute approximate surface area is 170 Å². The number of hydrogen-bond acceptors (Lipinski definition) is 3. The van der Waals surface area contributed by atoms with Crippen LogP contribution in [0.5, 0.6) is 5.88 Å². The highest BCUT2D eigenvalue weighted by atomic mass is 35.5. The van der Waals surface area contributed by atoms with Crippen LogP contribution in [0.2, 0.25) is 5.15 Å². The third kappa shape index (κ3) is 3.55. The van der Waals surface area contributed by atoms with Crippen LogP contribution in [-0.4, -0.2) is 16.6 Å². The lowest BCUT2D eigenvalue weighted by Crippen LogP contribution is -2.01. The summed E-state index contributed by atoms with van der Waals surface area (Å²) in [6.07, 6.45) is 0.931. The van der Waals surface area contributed by atoms with Crippen LogP contribution in [0.25, 0.3) is 32.9 Å². The van der Waals surface area contributed by atoms with Crippen LogP contribution in [0.15, 0.2) is 54.6 Å². The summed E-state index contributed by atoms with van der Waals surface area (Å²) < 4.78 is 6.03. The quantitative estimate of drug-likeness (QED) is 0.343. The number of rotatable bonds is 5. The molecule has 0 radical (unpaired) electrons. The van der Waals surface area contributed by atoms with Gasteiger partial charge in [-0.2, -0.15) is 0 Å². The van der Waals surface area contributed by atoms with E-state index in [1.54, 1.807) is 0 Å². The number of halogens is 1. The van der Waals surface area contributed by atoms with E-state index >= 15 is 0 Å². The molecule has 4 aromatic rings. The van der Waals surface area contributed by atoms with E-state index in [-0.39, 0.29) is 0 Å². The van der Waals surface area contributed by atoms with Gasteiger partial charge in [-0.15, -0.1) is 0 Å². The summed E-state index contributed by atoms with van der Waals surface area (Å²) in [5, 5.41) is 2.72. The topological polar surface area (TPSA) is 35.0 Å². The van der Waals surface area contributed by atoms with Crippen LogP contribution in [0.1, 0.15) is 38.7 Å². The maximum Gasteiger partial charge on any atom is 0.221 e. The number of hydrogen-bond donors (Lipinski definition) is 0. The van der Waals surface area contributed by atoms with Gasteiger partial charge < -0.3 is 4.74 Å². The molecule has 0 atom stereocenters. The summed E-state index contributed by atoms with van der Waals surface area (Å²) in [5.41, 5.74) is 5.10. The lowest BCUT2D eigenvalue weighted by atomic mass is 9.93. The molecule has 2 aromatic heterocycles. The second kappa shape index (κ2) is 7.76. The van der Waals surface area contributed by atoms with Gasteiger partial charge in [-0.25, -0.2) is 9.97 Å². The van der Waals surface area contributed by atoms with Crippen molar-refractivity contribution >= 4 is 33.4 Å². The van der Waals surface area contributed by atoms with Crippen molar-refractivity contribution in [2.45, 2.75) is 33.1 Å². The van der Waals surface area contributed by atoms with Gasteiger partial charge in [-0.05, 0) is 59.9 Å². The number of nitrogens with zero attached hydrogens (tertiary/aromatic N) is 2. The van der Waals surface area contributed by atoms with Crippen LogP contribution in [0.3, 0.4) is 0 Å².